The highest BCUT2D eigenvalue weighted by atomic mass is 16.1. The van der Waals surface area contributed by atoms with Gasteiger partial charge >= 0.3 is 0 Å². The predicted molar refractivity (Wildman–Crippen MR) is 100 cm³/mol. The first-order chi connectivity index (χ1) is 11.8. The van der Waals surface area contributed by atoms with Gasteiger partial charge in [0.05, 0.1) is 17.7 Å². The minimum atomic E-state index is -0.447. The molecule has 0 aliphatic rings. The maximum atomic E-state index is 12.3. The number of nitrogens with zero attached hydrogens (tertiary/aromatic N) is 2. The largest absolute Gasteiger partial charge is 0.348 e. The van der Waals surface area contributed by atoms with E-state index in [1.54, 1.807) is 12.4 Å². The molecule has 2 rings (SSSR count). The van der Waals surface area contributed by atoms with Crippen LogP contribution in [0.2, 0.25) is 0 Å². The summed E-state index contributed by atoms with van der Waals surface area (Å²) in [6.45, 7) is 13.2. The first-order valence-corrected chi connectivity index (χ1v) is 7.67. The van der Waals surface area contributed by atoms with Crippen LogP contribution in [0.3, 0.4) is 0 Å². The summed E-state index contributed by atoms with van der Waals surface area (Å²) in [6.07, 6.45) is 7.32. The van der Waals surface area contributed by atoms with E-state index in [1.807, 2.05) is 20.8 Å². The van der Waals surface area contributed by atoms with E-state index < -0.39 is 11.1 Å². The summed E-state index contributed by atoms with van der Waals surface area (Å²) in [5, 5.41) is 0.210. The fourth-order valence-electron chi connectivity index (χ4n) is 2.25. The Bertz CT molecular complexity index is 1060. The number of rotatable bonds is 4. The van der Waals surface area contributed by atoms with Crippen molar-refractivity contribution in [3.63, 3.8) is 0 Å². The van der Waals surface area contributed by atoms with Crippen molar-refractivity contribution in [1.29, 1.82) is 0 Å². The monoisotopic (exact) mass is 339 g/mol. The van der Waals surface area contributed by atoms with Gasteiger partial charge in [-0.05, 0) is 18.2 Å². The third kappa shape index (κ3) is 4.20. The Labute approximate surface area is 144 Å². The van der Waals surface area contributed by atoms with Crippen LogP contribution >= 0.6 is 0 Å². The molecule has 0 spiro atoms. The predicted octanol–water partition coefficient (Wildman–Crippen LogP) is 0.464. The van der Waals surface area contributed by atoms with E-state index in [4.69, 9.17) is 0 Å². The zero-order valence-electron chi connectivity index (χ0n) is 14.5. The molecule has 7 nitrogen and oxygen atoms in total. The number of hydrogen-bond acceptors (Lipinski definition) is 4. The number of H-pyrrole nitrogens is 3. The van der Waals surface area contributed by atoms with Gasteiger partial charge in [0.1, 0.15) is 10.7 Å². The van der Waals surface area contributed by atoms with Crippen LogP contribution in [0.1, 0.15) is 32.2 Å². The molecule has 2 aromatic rings. The van der Waals surface area contributed by atoms with Crippen LogP contribution in [-0.4, -0.2) is 25.6 Å². The van der Waals surface area contributed by atoms with Gasteiger partial charge in [0.15, 0.2) is 0 Å². The van der Waals surface area contributed by atoms with Crippen LogP contribution in [0, 0.1) is 0 Å². The molecule has 0 fully saturated rings. The Morgan fingerprint density at radius 1 is 1.16 bits per heavy atom. The molecule has 2 heterocycles. The van der Waals surface area contributed by atoms with Crippen molar-refractivity contribution in [3.05, 3.63) is 74.6 Å². The molecule has 0 aromatic carbocycles. The summed E-state index contributed by atoms with van der Waals surface area (Å²) >= 11 is 0. The number of hydrogen-bond donors (Lipinski definition) is 3. The van der Waals surface area contributed by atoms with Crippen molar-refractivity contribution in [2.75, 3.05) is 0 Å². The molecule has 0 saturated heterocycles. The van der Waals surface area contributed by atoms with Gasteiger partial charge in [-0.15, -0.1) is 0 Å². The summed E-state index contributed by atoms with van der Waals surface area (Å²) in [5.74, 6) is 0. The molecule has 7 heteroatoms. The minimum Gasteiger partial charge on any atom is -0.348 e. The SMILES string of the molecule is C=CN=C(C=C)/C=c1\[nH]c(=O)/c(=C/c2nc[nH]c2C(C)(C)C)[nH]c1=O. The molecule has 130 valence electrons. The average molecular weight is 339 g/mol. The molecular formula is C18H21N5O2. The molecule has 0 unspecified atom stereocenters. The normalized spacial score (nSPS) is 14.0. The molecule has 0 aliphatic carbocycles. The van der Waals surface area contributed by atoms with Gasteiger partial charge in [0.25, 0.3) is 11.1 Å². The first kappa shape index (κ1) is 18.1. The summed E-state index contributed by atoms with van der Waals surface area (Å²) in [7, 11) is 0. The summed E-state index contributed by atoms with van der Waals surface area (Å²) in [5.41, 5.74) is 0.826. The second-order valence-electron chi connectivity index (χ2n) is 6.38. The van der Waals surface area contributed by atoms with E-state index in [1.165, 1.54) is 18.4 Å². The lowest BCUT2D eigenvalue weighted by molar-refractivity contribution is 0.571. The molecular weight excluding hydrogens is 318 g/mol. The summed E-state index contributed by atoms with van der Waals surface area (Å²) < 4.78 is 0. The average Bonchev–Trinajstić information content (AvgIpc) is 3.00. The highest BCUT2D eigenvalue weighted by Gasteiger charge is 2.19. The second kappa shape index (κ2) is 7.12. The third-order valence-corrected chi connectivity index (χ3v) is 3.43. The van der Waals surface area contributed by atoms with Crippen LogP contribution in [0.5, 0.6) is 0 Å². The van der Waals surface area contributed by atoms with Crippen molar-refractivity contribution in [3.8, 4) is 0 Å². The van der Waals surface area contributed by atoms with Crippen molar-refractivity contribution in [2.45, 2.75) is 26.2 Å². The van der Waals surface area contributed by atoms with E-state index in [2.05, 4.69) is 38.1 Å². The van der Waals surface area contributed by atoms with Crippen LogP contribution < -0.4 is 21.8 Å². The molecule has 25 heavy (non-hydrogen) atoms. The number of aliphatic imine (C=N–C) groups is 1. The lowest BCUT2D eigenvalue weighted by Crippen LogP contribution is -2.47. The van der Waals surface area contributed by atoms with Gasteiger partial charge in [-0.2, -0.15) is 0 Å². The van der Waals surface area contributed by atoms with Crippen LogP contribution in [0.4, 0.5) is 0 Å². The van der Waals surface area contributed by atoms with Crippen molar-refractivity contribution in [2.24, 2.45) is 4.99 Å². The highest BCUT2D eigenvalue weighted by molar-refractivity contribution is 6.17. The third-order valence-electron chi connectivity index (χ3n) is 3.43. The summed E-state index contributed by atoms with van der Waals surface area (Å²) in [4.78, 5) is 40.9. The Hall–Kier alpha value is -3.22. The standard InChI is InChI=1S/C18H21N5O2/c1-6-11(19-7-2)8-13-16(24)23-14(17(25)22-13)9-12-15(18(3,4)5)21-10-20-12/h6-10H,1-2H2,3-5H3,(H,20,21)(H,22,25)(H,23,24)/b13-8-,14-9-,19-11?. The van der Waals surface area contributed by atoms with Gasteiger partial charge in [-0.1, -0.05) is 33.9 Å². The molecule has 0 bridgehead atoms. The second-order valence-corrected chi connectivity index (χ2v) is 6.38. The van der Waals surface area contributed by atoms with E-state index in [-0.39, 0.29) is 16.1 Å². The Kier molecular flexibility index (Phi) is 5.17. The van der Waals surface area contributed by atoms with E-state index in [0.717, 1.165) is 5.69 Å². The Balaban J connectivity index is 2.65. The first-order valence-electron chi connectivity index (χ1n) is 7.67. The molecule has 0 aliphatic heterocycles. The number of nitrogens with one attached hydrogen (secondary N) is 3. The molecule has 2 aromatic heterocycles. The number of aromatic nitrogens is 4. The van der Waals surface area contributed by atoms with Crippen molar-refractivity contribution < 1.29 is 0 Å². The topological polar surface area (TPSA) is 107 Å². The van der Waals surface area contributed by atoms with Gasteiger partial charge in [0.2, 0.25) is 0 Å². The number of aromatic amines is 3. The smallest absolute Gasteiger partial charge is 0.272 e. The van der Waals surface area contributed by atoms with Gasteiger partial charge in [-0.3, -0.25) is 14.6 Å². The molecule has 0 atom stereocenters. The molecule has 0 amide bonds. The van der Waals surface area contributed by atoms with Crippen molar-refractivity contribution >= 4 is 17.9 Å². The van der Waals surface area contributed by atoms with Gasteiger partial charge < -0.3 is 15.0 Å². The van der Waals surface area contributed by atoms with E-state index >= 15 is 0 Å². The Morgan fingerprint density at radius 3 is 2.40 bits per heavy atom. The van der Waals surface area contributed by atoms with Crippen molar-refractivity contribution in [1.82, 2.24) is 19.9 Å². The zero-order chi connectivity index (χ0) is 18.6. The lowest BCUT2D eigenvalue weighted by Gasteiger charge is -2.16. The zero-order valence-corrected chi connectivity index (χ0v) is 14.5. The number of imidazole rings is 1. The molecule has 0 saturated carbocycles. The lowest BCUT2D eigenvalue weighted by atomic mass is 9.90. The number of allylic oxidation sites excluding steroid dienone is 1. The van der Waals surface area contributed by atoms with Crippen LogP contribution in [0.25, 0.3) is 12.2 Å². The van der Waals surface area contributed by atoms with Gasteiger partial charge in [-0.25, -0.2) is 4.98 Å². The van der Waals surface area contributed by atoms with E-state index in [9.17, 15) is 9.59 Å². The minimum absolute atomic E-state index is 0.0840. The summed E-state index contributed by atoms with van der Waals surface area (Å²) in [6, 6.07) is 0. The Morgan fingerprint density at radius 2 is 1.80 bits per heavy atom. The molecule has 3 N–H and O–H groups in total. The fourth-order valence-corrected chi connectivity index (χ4v) is 2.25. The molecule has 0 radical (unpaired) electrons. The van der Waals surface area contributed by atoms with Gasteiger partial charge in [0, 0.05) is 17.3 Å². The van der Waals surface area contributed by atoms with E-state index in [0.29, 0.717) is 11.4 Å². The highest BCUT2D eigenvalue weighted by Crippen LogP contribution is 2.22. The maximum absolute atomic E-state index is 12.3. The quantitative estimate of drug-likeness (QED) is 0.705. The van der Waals surface area contributed by atoms with Crippen LogP contribution in [-0.2, 0) is 5.41 Å². The fraction of sp³-hybridized carbons (Fsp3) is 0.222. The maximum Gasteiger partial charge on any atom is 0.272 e. The van der Waals surface area contributed by atoms with Crippen LogP contribution in [0.15, 0.2) is 46.3 Å².